The second-order valence-corrected chi connectivity index (χ2v) is 3.61. The Bertz CT molecular complexity index is 323. The predicted molar refractivity (Wildman–Crippen MR) is 53.6 cm³/mol. The summed E-state index contributed by atoms with van der Waals surface area (Å²) in [7, 11) is 0. The smallest absolute Gasteiger partial charge is 0.251 e. The van der Waals surface area contributed by atoms with Gasteiger partial charge >= 0.3 is 0 Å². The van der Waals surface area contributed by atoms with Gasteiger partial charge < -0.3 is 5.32 Å². The summed E-state index contributed by atoms with van der Waals surface area (Å²) < 4.78 is 12.7. The van der Waals surface area contributed by atoms with E-state index in [0.717, 1.165) is 0 Å². The van der Waals surface area contributed by atoms with E-state index in [4.69, 9.17) is 0 Å². The van der Waals surface area contributed by atoms with Crippen molar-refractivity contribution in [3.8, 4) is 0 Å². The van der Waals surface area contributed by atoms with Crippen LogP contribution >= 0.6 is 0 Å². The molecular formula is C11H14FNO. The molecule has 1 amide bonds. The van der Waals surface area contributed by atoms with Crippen LogP contribution < -0.4 is 5.32 Å². The highest BCUT2D eigenvalue weighted by Crippen LogP contribution is 2.03. The Labute approximate surface area is 83.1 Å². The summed E-state index contributed by atoms with van der Waals surface area (Å²) >= 11 is 0. The van der Waals surface area contributed by atoms with Crippen LogP contribution in [0.15, 0.2) is 24.3 Å². The van der Waals surface area contributed by atoms with Gasteiger partial charge in [0.25, 0.3) is 5.91 Å². The normalized spacial score (nSPS) is 10.3. The molecule has 0 spiro atoms. The van der Waals surface area contributed by atoms with Crippen LogP contribution in [0.4, 0.5) is 4.39 Å². The van der Waals surface area contributed by atoms with Crippen LogP contribution in [0.5, 0.6) is 0 Å². The van der Waals surface area contributed by atoms with Gasteiger partial charge in [0.2, 0.25) is 0 Å². The Morgan fingerprint density at radius 3 is 2.79 bits per heavy atom. The lowest BCUT2D eigenvalue weighted by Gasteiger charge is -2.07. The Morgan fingerprint density at radius 2 is 2.21 bits per heavy atom. The van der Waals surface area contributed by atoms with Gasteiger partial charge in [0.05, 0.1) is 0 Å². The fraction of sp³-hybridized carbons (Fsp3) is 0.364. The van der Waals surface area contributed by atoms with Crippen molar-refractivity contribution in [2.45, 2.75) is 13.8 Å². The number of hydrogen-bond acceptors (Lipinski definition) is 1. The summed E-state index contributed by atoms with van der Waals surface area (Å²) in [4.78, 5) is 11.4. The summed E-state index contributed by atoms with van der Waals surface area (Å²) in [5, 5.41) is 2.72. The van der Waals surface area contributed by atoms with Crippen molar-refractivity contribution in [3.05, 3.63) is 35.6 Å². The summed E-state index contributed by atoms with van der Waals surface area (Å²) in [6.45, 7) is 4.62. The molecule has 0 radical (unpaired) electrons. The maximum Gasteiger partial charge on any atom is 0.251 e. The first-order valence-corrected chi connectivity index (χ1v) is 4.63. The number of carbonyl (C=O) groups excluding carboxylic acids is 1. The minimum Gasteiger partial charge on any atom is -0.352 e. The lowest BCUT2D eigenvalue weighted by molar-refractivity contribution is 0.0948. The van der Waals surface area contributed by atoms with E-state index in [9.17, 15) is 9.18 Å². The fourth-order valence-electron chi connectivity index (χ4n) is 1.03. The summed E-state index contributed by atoms with van der Waals surface area (Å²) in [6.07, 6.45) is 0. The second-order valence-electron chi connectivity index (χ2n) is 3.61. The third-order valence-corrected chi connectivity index (χ3v) is 1.76. The zero-order valence-electron chi connectivity index (χ0n) is 8.38. The molecule has 14 heavy (non-hydrogen) atoms. The molecule has 1 rings (SSSR count). The first-order valence-electron chi connectivity index (χ1n) is 4.63. The van der Waals surface area contributed by atoms with E-state index >= 15 is 0 Å². The molecule has 0 fully saturated rings. The molecule has 0 aliphatic heterocycles. The van der Waals surface area contributed by atoms with Crippen molar-refractivity contribution in [2.24, 2.45) is 5.92 Å². The van der Waals surface area contributed by atoms with Crippen molar-refractivity contribution in [1.82, 2.24) is 5.32 Å². The number of rotatable bonds is 3. The van der Waals surface area contributed by atoms with Gasteiger partial charge in [-0.1, -0.05) is 19.9 Å². The van der Waals surface area contributed by atoms with Crippen molar-refractivity contribution in [3.63, 3.8) is 0 Å². The van der Waals surface area contributed by atoms with E-state index in [0.29, 0.717) is 18.0 Å². The predicted octanol–water partition coefficient (Wildman–Crippen LogP) is 2.21. The molecule has 2 nitrogen and oxygen atoms in total. The summed E-state index contributed by atoms with van der Waals surface area (Å²) in [5.74, 6) is -0.215. The Balaban J connectivity index is 2.61. The topological polar surface area (TPSA) is 29.1 Å². The Hall–Kier alpha value is -1.38. The van der Waals surface area contributed by atoms with Gasteiger partial charge in [-0.25, -0.2) is 4.39 Å². The average Bonchev–Trinajstić information content (AvgIpc) is 2.14. The molecule has 0 aromatic heterocycles. The van der Waals surface area contributed by atoms with Crippen LogP contribution in [-0.4, -0.2) is 12.5 Å². The van der Waals surface area contributed by atoms with Gasteiger partial charge in [-0.05, 0) is 24.1 Å². The highest BCUT2D eigenvalue weighted by atomic mass is 19.1. The molecule has 1 aromatic rings. The van der Waals surface area contributed by atoms with Crippen LogP contribution in [0.1, 0.15) is 24.2 Å². The van der Waals surface area contributed by atoms with E-state index in [2.05, 4.69) is 5.32 Å². The highest BCUT2D eigenvalue weighted by molar-refractivity contribution is 5.94. The minimum atomic E-state index is -0.387. The zero-order valence-corrected chi connectivity index (χ0v) is 8.38. The van der Waals surface area contributed by atoms with Crippen LogP contribution in [-0.2, 0) is 0 Å². The molecule has 0 unspecified atom stereocenters. The zero-order chi connectivity index (χ0) is 10.6. The lowest BCUT2D eigenvalue weighted by atomic mass is 10.2. The molecule has 76 valence electrons. The van der Waals surface area contributed by atoms with Gasteiger partial charge in [-0.2, -0.15) is 0 Å². The Kier molecular flexibility index (Phi) is 3.63. The second kappa shape index (κ2) is 4.74. The molecular weight excluding hydrogens is 181 g/mol. The van der Waals surface area contributed by atoms with Crippen molar-refractivity contribution >= 4 is 5.91 Å². The van der Waals surface area contributed by atoms with Gasteiger partial charge in [0.1, 0.15) is 5.82 Å². The quantitative estimate of drug-likeness (QED) is 0.787. The van der Waals surface area contributed by atoms with E-state index in [1.165, 1.54) is 18.2 Å². The van der Waals surface area contributed by atoms with E-state index in [-0.39, 0.29) is 11.7 Å². The van der Waals surface area contributed by atoms with Crippen LogP contribution in [0.25, 0.3) is 0 Å². The van der Waals surface area contributed by atoms with E-state index < -0.39 is 0 Å². The standard InChI is InChI=1S/C11H14FNO/c1-8(2)7-13-11(14)9-4-3-5-10(12)6-9/h3-6,8H,7H2,1-2H3,(H,13,14). The van der Waals surface area contributed by atoms with Crippen molar-refractivity contribution < 1.29 is 9.18 Å². The maximum atomic E-state index is 12.7. The third kappa shape index (κ3) is 3.17. The third-order valence-electron chi connectivity index (χ3n) is 1.76. The Morgan fingerprint density at radius 1 is 1.50 bits per heavy atom. The number of carbonyl (C=O) groups is 1. The van der Waals surface area contributed by atoms with E-state index in [1.54, 1.807) is 6.07 Å². The number of halogens is 1. The van der Waals surface area contributed by atoms with Crippen LogP contribution in [0.3, 0.4) is 0 Å². The molecule has 0 saturated carbocycles. The van der Waals surface area contributed by atoms with Crippen LogP contribution in [0.2, 0.25) is 0 Å². The van der Waals surface area contributed by atoms with Gasteiger partial charge in [0, 0.05) is 12.1 Å². The monoisotopic (exact) mass is 195 g/mol. The molecule has 1 aromatic carbocycles. The van der Waals surface area contributed by atoms with Gasteiger partial charge in [-0.15, -0.1) is 0 Å². The minimum absolute atomic E-state index is 0.224. The van der Waals surface area contributed by atoms with Gasteiger partial charge in [0.15, 0.2) is 0 Å². The lowest BCUT2D eigenvalue weighted by Crippen LogP contribution is -2.27. The maximum absolute atomic E-state index is 12.7. The van der Waals surface area contributed by atoms with Gasteiger partial charge in [-0.3, -0.25) is 4.79 Å². The van der Waals surface area contributed by atoms with Crippen molar-refractivity contribution in [1.29, 1.82) is 0 Å². The molecule has 3 heteroatoms. The molecule has 0 atom stereocenters. The molecule has 0 heterocycles. The molecule has 1 N–H and O–H groups in total. The fourth-order valence-corrected chi connectivity index (χ4v) is 1.03. The first kappa shape index (κ1) is 10.7. The first-order chi connectivity index (χ1) is 6.59. The number of amides is 1. The molecule has 0 aliphatic rings. The molecule has 0 aliphatic carbocycles. The summed E-state index contributed by atoms with van der Waals surface area (Å²) in [5.41, 5.74) is 0.366. The number of nitrogens with one attached hydrogen (secondary N) is 1. The molecule has 0 saturated heterocycles. The largest absolute Gasteiger partial charge is 0.352 e. The van der Waals surface area contributed by atoms with Crippen LogP contribution in [0, 0.1) is 11.7 Å². The average molecular weight is 195 g/mol. The number of benzene rings is 1. The van der Waals surface area contributed by atoms with E-state index in [1.807, 2.05) is 13.8 Å². The summed E-state index contributed by atoms with van der Waals surface area (Å²) in [6, 6.07) is 5.67. The molecule has 0 bridgehead atoms. The number of hydrogen-bond donors (Lipinski definition) is 1. The van der Waals surface area contributed by atoms with Crippen molar-refractivity contribution in [2.75, 3.05) is 6.54 Å². The highest BCUT2D eigenvalue weighted by Gasteiger charge is 2.05. The SMILES string of the molecule is CC(C)CNC(=O)c1cccc(F)c1.